The third kappa shape index (κ3) is 4.18. The van der Waals surface area contributed by atoms with Gasteiger partial charge < -0.3 is 4.90 Å². The average molecular weight is 331 g/mol. The van der Waals surface area contributed by atoms with E-state index >= 15 is 0 Å². The van der Waals surface area contributed by atoms with Crippen LogP contribution in [-0.4, -0.2) is 44.1 Å². The second-order valence-electron chi connectivity index (χ2n) is 5.07. The van der Waals surface area contributed by atoms with Crippen LogP contribution < -0.4 is 4.72 Å². The lowest BCUT2D eigenvalue weighted by Gasteiger charge is -2.32. The Hall–Kier alpha value is -1.11. The Morgan fingerprint density at radius 1 is 1.33 bits per heavy atom. The van der Waals surface area contributed by atoms with Crippen LogP contribution in [0.3, 0.4) is 0 Å². The number of nitrogens with zero attached hydrogens (tertiary/aromatic N) is 1. The first-order valence-electron chi connectivity index (χ1n) is 6.96. The number of carbonyl (C=O) groups excluding carboxylic acids is 1. The number of carbonyl (C=O) groups is 1. The standard InChI is InChI=1S/C14H19ClN2O3S/c1-2-21(19,20)16-11-7-9-17(10-8-11)14(18)12-5-3-4-6-13(12)15/h3-6,11,16H,2,7-10H2,1H3. The summed E-state index contributed by atoms with van der Waals surface area (Å²) in [4.78, 5) is 14.1. The lowest BCUT2D eigenvalue weighted by Crippen LogP contribution is -2.46. The summed E-state index contributed by atoms with van der Waals surface area (Å²) in [5, 5.41) is 0.441. The van der Waals surface area contributed by atoms with E-state index in [0.29, 0.717) is 36.5 Å². The molecular weight excluding hydrogens is 312 g/mol. The van der Waals surface area contributed by atoms with Crippen molar-refractivity contribution in [3.8, 4) is 0 Å². The van der Waals surface area contributed by atoms with Gasteiger partial charge in [-0.2, -0.15) is 0 Å². The van der Waals surface area contributed by atoms with E-state index in [2.05, 4.69) is 4.72 Å². The number of rotatable bonds is 4. The highest BCUT2D eigenvalue weighted by Crippen LogP contribution is 2.20. The van der Waals surface area contributed by atoms with Crippen molar-refractivity contribution in [3.05, 3.63) is 34.9 Å². The number of benzene rings is 1. The number of hydrogen-bond acceptors (Lipinski definition) is 3. The van der Waals surface area contributed by atoms with Crippen molar-refractivity contribution >= 4 is 27.5 Å². The van der Waals surface area contributed by atoms with Gasteiger partial charge in [0.25, 0.3) is 5.91 Å². The number of nitrogens with one attached hydrogen (secondary N) is 1. The van der Waals surface area contributed by atoms with E-state index in [-0.39, 0.29) is 17.7 Å². The van der Waals surface area contributed by atoms with Crippen molar-refractivity contribution < 1.29 is 13.2 Å². The fourth-order valence-corrected chi connectivity index (χ4v) is 3.47. The van der Waals surface area contributed by atoms with Crippen LogP contribution in [0.1, 0.15) is 30.1 Å². The summed E-state index contributed by atoms with van der Waals surface area (Å²) in [6, 6.07) is 6.87. The number of likely N-dealkylation sites (tertiary alicyclic amines) is 1. The average Bonchev–Trinajstić information content (AvgIpc) is 2.47. The molecule has 0 spiro atoms. The molecule has 0 radical (unpaired) electrons. The van der Waals surface area contributed by atoms with Crippen molar-refractivity contribution in [1.29, 1.82) is 0 Å². The summed E-state index contributed by atoms with van der Waals surface area (Å²) < 4.78 is 25.7. The van der Waals surface area contributed by atoms with E-state index in [1.807, 2.05) is 0 Å². The zero-order valence-corrected chi connectivity index (χ0v) is 13.5. The fraction of sp³-hybridized carbons (Fsp3) is 0.500. The molecule has 1 aliphatic heterocycles. The maximum absolute atomic E-state index is 12.4. The summed E-state index contributed by atoms with van der Waals surface area (Å²) >= 11 is 6.03. The first kappa shape index (κ1) is 16.3. The molecule has 1 aromatic rings. The van der Waals surface area contributed by atoms with Crippen LogP contribution in [0.4, 0.5) is 0 Å². The van der Waals surface area contributed by atoms with Gasteiger partial charge in [-0.1, -0.05) is 23.7 Å². The topological polar surface area (TPSA) is 66.5 Å². The van der Waals surface area contributed by atoms with Gasteiger partial charge in [0.05, 0.1) is 16.3 Å². The van der Waals surface area contributed by atoms with E-state index in [0.717, 1.165) is 0 Å². The molecule has 5 nitrogen and oxygen atoms in total. The molecule has 0 unspecified atom stereocenters. The van der Waals surface area contributed by atoms with Crippen LogP contribution in [0.25, 0.3) is 0 Å². The first-order chi connectivity index (χ1) is 9.93. The number of sulfonamides is 1. The van der Waals surface area contributed by atoms with E-state index < -0.39 is 10.0 Å². The SMILES string of the molecule is CCS(=O)(=O)NC1CCN(C(=O)c2ccccc2Cl)CC1. The quantitative estimate of drug-likeness (QED) is 0.916. The summed E-state index contributed by atoms with van der Waals surface area (Å²) in [5.74, 6) is -0.0245. The minimum atomic E-state index is -3.19. The Morgan fingerprint density at radius 3 is 2.52 bits per heavy atom. The highest BCUT2D eigenvalue weighted by atomic mass is 35.5. The zero-order chi connectivity index (χ0) is 15.5. The normalized spacial score (nSPS) is 17.0. The number of hydrogen-bond donors (Lipinski definition) is 1. The zero-order valence-electron chi connectivity index (χ0n) is 11.9. The molecule has 116 valence electrons. The van der Waals surface area contributed by atoms with Crippen LogP contribution >= 0.6 is 11.6 Å². The minimum absolute atomic E-state index is 0.0752. The molecule has 0 saturated carbocycles. The van der Waals surface area contributed by atoms with E-state index in [1.165, 1.54) is 0 Å². The molecule has 1 amide bonds. The maximum atomic E-state index is 12.4. The predicted octanol–water partition coefficient (Wildman–Crippen LogP) is 1.88. The molecule has 7 heteroatoms. The van der Waals surface area contributed by atoms with Crippen LogP contribution in [-0.2, 0) is 10.0 Å². The van der Waals surface area contributed by atoms with Crippen LogP contribution in [0.5, 0.6) is 0 Å². The number of halogens is 1. The van der Waals surface area contributed by atoms with Gasteiger partial charge >= 0.3 is 0 Å². The number of piperidine rings is 1. The molecule has 1 aliphatic rings. The third-order valence-electron chi connectivity index (χ3n) is 3.61. The molecule has 1 saturated heterocycles. The van der Waals surface area contributed by atoms with Crippen molar-refractivity contribution in [3.63, 3.8) is 0 Å². The Bertz CT molecular complexity index is 610. The Labute approximate surface area is 130 Å². The highest BCUT2D eigenvalue weighted by molar-refractivity contribution is 7.89. The van der Waals surface area contributed by atoms with Crippen LogP contribution in [0.2, 0.25) is 5.02 Å². The molecule has 2 rings (SSSR count). The van der Waals surface area contributed by atoms with Gasteiger partial charge in [0.15, 0.2) is 0 Å². The molecule has 1 fully saturated rings. The van der Waals surface area contributed by atoms with Gasteiger partial charge in [0, 0.05) is 19.1 Å². The highest BCUT2D eigenvalue weighted by Gasteiger charge is 2.26. The van der Waals surface area contributed by atoms with Gasteiger partial charge in [-0.15, -0.1) is 0 Å². The largest absolute Gasteiger partial charge is 0.338 e. The van der Waals surface area contributed by atoms with E-state index in [4.69, 9.17) is 11.6 Å². The second kappa shape index (κ2) is 6.77. The van der Waals surface area contributed by atoms with Gasteiger partial charge in [-0.3, -0.25) is 4.79 Å². The lowest BCUT2D eigenvalue weighted by molar-refractivity contribution is 0.0711. The van der Waals surface area contributed by atoms with Gasteiger partial charge in [0.2, 0.25) is 10.0 Å². The second-order valence-corrected chi connectivity index (χ2v) is 7.52. The fourth-order valence-electron chi connectivity index (χ4n) is 2.34. The molecule has 0 atom stereocenters. The first-order valence-corrected chi connectivity index (χ1v) is 9.00. The van der Waals surface area contributed by atoms with Crippen molar-refractivity contribution in [2.75, 3.05) is 18.8 Å². The Kier molecular flexibility index (Phi) is 5.24. The van der Waals surface area contributed by atoms with Crippen LogP contribution in [0, 0.1) is 0 Å². The third-order valence-corrected chi connectivity index (χ3v) is 5.39. The predicted molar refractivity (Wildman–Crippen MR) is 83.0 cm³/mol. The Balaban J connectivity index is 1.95. The van der Waals surface area contributed by atoms with Gasteiger partial charge in [-0.25, -0.2) is 13.1 Å². The molecule has 1 heterocycles. The van der Waals surface area contributed by atoms with Gasteiger partial charge in [-0.05, 0) is 31.9 Å². The van der Waals surface area contributed by atoms with Gasteiger partial charge in [0.1, 0.15) is 0 Å². The van der Waals surface area contributed by atoms with Crippen LogP contribution in [0.15, 0.2) is 24.3 Å². The van der Waals surface area contributed by atoms with Crippen molar-refractivity contribution in [1.82, 2.24) is 9.62 Å². The maximum Gasteiger partial charge on any atom is 0.255 e. The summed E-state index contributed by atoms with van der Waals surface area (Å²) in [6.07, 6.45) is 1.24. The molecule has 0 bridgehead atoms. The minimum Gasteiger partial charge on any atom is -0.338 e. The number of amides is 1. The Morgan fingerprint density at radius 2 is 1.95 bits per heavy atom. The monoisotopic (exact) mass is 330 g/mol. The molecule has 21 heavy (non-hydrogen) atoms. The molecule has 1 aromatic carbocycles. The van der Waals surface area contributed by atoms with Crippen molar-refractivity contribution in [2.24, 2.45) is 0 Å². The molecule has 0 aliphatic carbocycles. The van der Waals surface area contributed by atoms with Crippen molar-refractivity contribution in [2.45, 2.75) is 25.8 Å². The summed E-state index contributed by atoms with van der Waals surface area (Å²) in [6.45, 7) is 2.67. The van der Waals surface area contributed by atoms with E-state index in [9.17, 15) is 13.2 Å². The lowest BCUT2D eigenvalue weighted by atomic mass is 10.0. The summed E-state index contributed by atoms with van der Waals surface area (Å²) in [5.41, 5.74) is 0.492. The smallest absolute Gasteiger partial charge is 0.255 e. The van der Waals surface area contributed by atoms with E-state index in [1.54, 1.807) is 36.1 Å². The molecular formula is C14H19ClN2O3S. The molecule has 1 N–H and O–H groups in total. The molecule has 0 aromatic heterocycles. The summed E-state index contributed by atoms with van der Waals surface area (Å²) in [7, 11) is -3.19.